The Morgan fingerprint density at radius 1 is 1.00 bits per heavy atom. The van der Waals surface area contributed by atoms with E-state index >= 15 is 0 Å². The van der Waals surface area contributed by atoms with Crippen LogP contribution in [0.2, 0.25) is 0 Å². The van der Waals surface area contributed by atoms with Gasteiger partial charge in [0.2, 0.25) is 11.8 Å². The van der Waals surface area contributed by atoms with Gasteiger partial charge in [0.05, 0.1) is 0 Å². The summed E-state index contributed by atoms with van der Waals surface area (Å²) in [6.07, 6.45) is 4.01. The lowest BCUT2D eigenvalue weighted by Crippen LogP contribution is -2.69. The minimum absolute atomic E-state index is 0.0000305. The number of piperidine rings is 1. The zero-order chi connectivity index (χ0) is 19.7. The summed E-state index contributed by atoms with van der Waals surface area (Å²) in [4.78, 5) is 34.7. The average molecular weight is 405 g/mol. The summed E-state index contributed by atoms with van der Waals surface area (Å²) in [5.74, 6) is 0.207. The molecule has 0 aliphatic carbocycles. The minimum atomic E-state index is -0.370. The lowest BCUT2D eigenvalue weighted by atomic mass is 9.96. The van der Waals surface area contributed by atoms with Crippen LogP contribution in [0.15, 0.2) is 12.1 Å². The van der Waals surface area contributed by atoms with Gasteiger partial charge in [0, 0.05) is 42.5 Å². The molecule has 0 aromatic carbocycles. The predicted octanol–water partition coefficient (Wildman–Crippen LogP) is 1.90. The van der Waals surface area contributed by atoms with Crippen molar-refractivity contribution in [3.8, 4) is 0 Å². The fraction of sp³-hybridized carbons (Fsp3) is 0.714. The Morgan fingerprint density at radius 2 is 1.68 bits per heavy atom. The van der Waals surface area contributed by atoms with Crippen molar-refractivity contribution in [1.29, 1.82) is 0 Å². The Balaban J connectivity index is 1.34. The van der Waals surface area contributed by atoms with Crippen molar-refractivity contribution in [2.75, 3.05) is 32.7 Å². The van der Waals surface area contributed by atoms with Crippen LogP contribution in [0.1, 0.15) is 42.9 Å². The molecular weight excluding hydrogens is 372 g/mol. The normalized spacial score (nSPS) is 27.2. The van der Waals surface area contributed by atoms with Crippen molar-refractivity contribution in [3.63, 3.8) is 0 Å². The molecule has 154 valence electrons. The van der Waals surface area contributed by atoms with E-state index in [1.54, 1.807) is 4.90 Å². The molecule has 4 heterocycles. The number of carbonyl (C=O) groups is 2. The van der Waals surface area contributed by atoms with Crippen LogP contribution < -0.4 is 5.32 Å². The fourth-order valence-corrected chi connectivity index (χ4v) is 5.67. The van der Waals surface area contributed by atoms with E-state index in [9.17, 15) is 9.59 Å². The third kappa shape index (κ3) is 4.26. The summed E-state index contributed by atoms with van der Waals surface area (Å²) in [5, 5.41) is 2.94. The maximum absolute atomic E-state index is 12.7. The summed E-state index contributed by atoms with van der Waals surface area (Å²) < 4.78 is 0. The second-order valence-corrected chi connectivity index (χ2v) is 9.97. The number of hydrogen-bond donors (Lipinski definition) is 1. The molecular formula is C21H32N4O2S. The van der Waals surface area contributed by atoms with Crippen LogP contribution in [0, 0.1) is 5.92 Å². The number of rotatable bonds is 5. The molecule has 0 spiro atoms. The quantitative estimate of drug-likeness (QED) is 0.814. The molecule has 3 saturated heterocycles. The molecule has 2 atom stereocenters. The number of piperazine rings is 2. The van der Waals surface area contributed by atoms with E-state index in [1.165, 1.54) is 42.1 Å². The molecule has 3 aliphatic rings. The molecule has 1 aromatic heterocycles. The highest BCUT2D eigenvalue weighted by Crippen LogP contribution is 2.24. The number of likely N-dealkylation sites (tertiary alicyclic amines) is 1. The molecule has 3 aliphatic heterocycles. The zero-order valence-electron chi connectivity index (χ0n) is 17.0. The second-order valence-electron chi connectivity index (χ2n) is 8.72. The van der Waals surface area contributed by atoms with Gasteiger partial charge in [-0.2, -0.15) is 0 Å². The molecule has 2 amide bonds. The first-order chi connectivity index (χ1) is 13.5. The molecule has 0 radical (unpaired) electrons. The molecule has 1 N–H and O–H groups in total. The number of hydrogen-bond acceptors (Lipinski definition) is 5. The number of fused-ring (bicyclic) bond motifs is 1. The highest BCUT2D eigenvalue weighted by molar-refractivity contribution is 7.11. The Morgan fingerprint density at radius 3 is 2.36 bits per heavy atom. The molecule has 1 aromatic rings. The molecule has 0 unspecified atom stereocenters. The summed E-state index contributed by atoms with van der Waals surface area (Å²) in [5.41, 5.74) is 0. The van der Waals surface area contributed by atoms with Crippen molar-refractivity contribution < 1.29 is 9.59 Å². The SMILES string of the molecule is CC(C)[C@H]1NC(=O)[C@H]2CN(Cc3ccc(CN4CCCCC4)s3)CCN2C1=O. The molecule has 6 nitrogen and oxygen atoms in total. The third-order valence-corrected chi connectivity index (χ3v) is 7.26. The van der Waals surface area contributed by atoms with Gasteiger partial charge in [-0.25, -0.2) is 0 Å². The van der Waals surface area contributed by atoms with Gasteiger partial charge in [-0.15, -0.1) is 11.3 Å². The van der Waals surface area contributed by atoms with Crippen LogP contribution in [-0.4, -0.2) is 71.3 Å². The Bertz CT molecular complexity index is 713. The van der Waals surface area contributed by atoms with Gasteiger partial charge >= 0.3 is 0 Å². The summed E-state index contributed by atoms with van der Waals surface area (Å²) in [6.45, 7) is 10.4. The van der Waals surface area contributed by atoms with Crippen molar-refractivity contribution in [2.45, 2.75) is 58.3 Å². The Labute approximate surface area is 171 Å². The molecule has 4 rings (SSSR count). The van der Waals surface area contributed by atoms with Crippen LogP contribution in [0.3, 0.4) is 0 Å². The second kappa shape index (κ2) is 8.51. The van der Waals surface area contributed by atoms with Crippen molar-refractivity contribution in [2.24, 2.45) is 5.92 Å². The first-order valence-electron chi connectivity index (χ1n) is 10.6. The lowest BCUT2D eigenvalue weighted by molar-refractivity contribution is -0.154. The summed E-state index contributed by atoms with van der Waals surface area (Å²) in [6, 6.07) is 3.78. The topological polar surface area (TPSA) is 55.9 Å². The van der Waals surface area contributed by atoms with E-state index in [0.29, 0.717) is 13.1 Å². The Kier molecular flexibility index (Phi) is 6.04. The fourth-order valence-electron chi connectivity index (χ4n) is 4.56. The van der Waals surface area contributed by atoms with Crippen LogP contribution in [-0.2, 0) is 22.7 Å². The molecule has 28 heavy (non-hydrogen) atoms. The molecule has 0 saturated carbocycles. The van der Waals surface area contributed by atoms with E-state index in [0.717, 1.165) is 19.6 Å². The molecule has 7 heteroatoms. The third-order valence-electron chi connectivity index (χ3n) is 6.21. The lowest BCUT2D eigenvalue weighted by Gasteiger charge is -2.46. The number of nitrogens with zero attached hydrogens (tertiary/aromatic N) is 3. The average Bonchev–Trinajstić information content (AvgIpc) is 3.12. The number of carbonyl (C=O) groups excluding carboxylic acids is 2. The predicted molar refractivity (Wildman–Crippen MR) is 111 cm³/mol. The van der Waals surface area contributed by atoms with Crippen LogP contribution in [0.25, 0.3) is 0 Å². The van der Waals surface area contributed by atoms with Crippen molar-refractivity contribution >= 4 is 23.2 Å². The highest BCUT2D eigenvalue weighted by Gasteiger charge is 2.44. The van der Waals surface area contributed by atoms with Crippen molar-refractivity contribution in [3.05, 3.63) is 21.9 Å². The van der Waals surface area contributed by atoms with E-state index in [1.807, 2.05) is 25.2 Å². The summed E-state index contributed by atoms with van der Waals surface area (Å²) in [7, 11) is 0. The smallest absolute Gasteiger partial charge is 0.246 e. The molecule has 0 bridgehead atoms. The van der Waals surface area contributed by atoms with E-state index in [2.05, 4.69) is 27.2 Å². The first kappa shape index (κ1) is 19.9. The largest absolute Gasteiger partial charge is 0.342 e. The standard InChI is InChI=1S/C21H32N4O2S/c1-15(2)19-21(27)25-11-10-24(14-18(25)20(26)22-19)13-17-7-6-16(28-17)12-23-8-4-3-5-9-23/h6-7,15,18-19H,3-5,8-14H2,1-2H3,(H,22,26)/t18-,19-/m1/s1. The van der Waals surface area contributed by atoms with Crippen molar-refractivity contribution in [1.82, 2.24) is 20.0 Å². The van der Waals surface area contributed by atoms with Crippen LogP contribution in [0.5, 0.6) is 0 Å². The number of thiophene rings is 1. The first-order valence-corrected chi connectivity index (χ1v) is 11.5. The van der Waals surface area contributed by atoms with Gasteiger partial charge in [-0.3, -0.25) is 19.4 Å². The highest BCUT2D eigenvalue weighted by atomic mass is 32.1. The van der Waals surface area contributed by atoms with Crippen LogP contribution in [0.4, 0.5) is 0 Å². The number of amides is 2. The zero-order valence-corrected chi connectivity index (χ0v) is 17.8. The van der Waals surface area contributed by atoms with E-state index in [4.69, 9.17) is 0 Å². The monoisotopic (exact) mass is 404 g/mol. The Hall–Kier alpha value is -1.44. The number of nitrogens with one attached hydrogen (secondary N) is 1. The van der Waals surface area contributed by atoms with Gasteiger partial charge in [0.15, 0.2) is 0 Å². The molecule has 3 fully saturated rings. The van der Waals surface area contributed by atoms with Crippen LogP contribution >= 0.6 is 11.3 Å². The summed E-state index contributed by atoms with van der Waals surface area (Å²) >= 11 is 1.89. The van der Waals surface area contributed by atoms with Gasteiger partial charge in [-0.05, 0) is 44.0 Å². The van der Waals surface area contributed by atoms with Gasteiger partial charge in [0.1, 0.15) is 12.1 Å². The van der Waals surface area contributed by atoms with E-state index in [-0.39, 0.29) is 29.8 Å². The van der Waals surface area contributed by atoms with Gasteiger partial charge in [-0.1, -0.05) is 20.3 Å². The maximum atomic E-state index is 12.7. The maximum Gasteiger partial charge on any atom is 0.246 e. The van der Waals surface area contributed by atoms with Gasteiger partial charge in [0.25, 0.3) is 0 Å². The van der Waals surface area contributed by atoms with Gasteiger partial charge < -0.3 is 10.2 Å². The minimum Gasteiger partial charge on any atom is -0.342 e. The van der Waals surface area contributed by atoms with E-state index < -0.39 is 0 Å².